The molecule has 0 saturated heterocycles. The van der Waals surface area contributed by atoms with E-state index in [2.05, 4.69) is 76.3 Å². The Bertz CT molecular complexity index is 2880. The van der Waals surface area contributed by atoms with Crippen LogP contribution in [-0.4, -0.2) is 114 Å². The molecule has 0 N–H and O–H groups in total. The number of hydrogen-bond acceptors (Lipinski definition) is 14. The molecule has 0 aliphatic heterocycles. The molecule has 0 heterocycles. The summed E-state index contributed by atoms with van der Waals surface area (Å²) < 4.78 is 93.8. The fourth-order valence-electron chi connectivity index (χ4n) is 15.7. The first-order valence-corrected chi connectivity index (χ1v) is 52.9. The molecule has 0 unspecified atom stereocenters. The number of hydrogen-bond donors (Lipinski definition) is 0. The Labute approximate surface area is 773 Å². The number of esters is 4. The van der Waals surface area contributed by atoms with Gasteiger partial charge >= 0.3 is 61.6 Å². The Kier molecular flexibility index (Phi) is 85.7. The second-order valence-electron chi connectivity index (χ2n) is 34.1. The molecule has 2 aromatic rings. The van der Waals surface area contributed by atoms with Gasteiger partial charge in [0.15, 0.2) is 0 Å². The van der Waals surface area contributed by atoms with Gasteiger partial charge in [0.25, 0.3) is 0 Å². The molecule has 0 aromatic heterocycles. The second kappa shape index (κ2) is 88.4. The number of unbranched alkanes of at least 4 members (excludes halogenated alkanes) is 64. The van der Waals surface area contributed by atoms with Crippen molar-refractivity contribution in [1.29, 1.82) is 0 Å². The molecule has 0 bridgehead atoms. The second-order valence-corrected chi connectivity index (χ2v) is 36.8. The number of benzene rings is 2. The van der Waals surface area contributed by atoms with Gasteiger partial charge in [-0.15, -0.1) is 0 Å². The van der Waals surface area contributed by atoms with Crippen LogP contribution >= 0.6 is 0 Å². The molecule has 0 amide bonds. The van der Waals surface area contributed by atoms with E-state index in [1.165, 1.54) is 358 Å². The van der Waals surface area contributed by atoms with Crippen LogP contribution in [0.3, 0.4) is 0 Å². The van der Waals surface area contributed by atoms with Crippen LogP contribution in [0, 0.1) is 0 Å². The number of ether oxygens (including phenoxy) is 4. The van der Waals surface area contributed by atoms with Gasteiger partial charge in [-0.05, 0) is 127 Å². The predicted octanol–water partition coefficient (Wildman–Crippen LogP) is 31.8. The summed E-state index contributed by atoms with van der Waals surface area (Å²) in [5.41, 5.74) is -1.54. The third-order valence-corrected chi connectivity index (χ3v) is 24.8. The fourth-order valence-corrected chi connectivity index (χ4v) is 17.1. The Morgan fingerprint density at radius 2 is 0.380 bits per heavy atom. The van der Waals surface area contributed by atoms with Crippen molar-refractivity contribution in [2.75, 3.05) is 26.4 Å². The molecule has 121 heavy (non-hydrogen) atoms. The Morgan fingerprint density at radius 1 is 0.231 bits per heavy atom. The van der Waals surface area contributed by atoms with Gasteiger partial charge in [-0.2, -0.15) is 0 Å². The van der Waals surface area contributed by atoms with E-state index >= 15 is 0 Å². The van der Waals surface area contributed by atoms with Crippen LogP contribution in [0.25, 0.3) is 0 Å². The molecule has 2 rings (SSSR count). The first-order chi connectivity index (χ1) is 58.6. The third-order valence-electron chi connectivity index (χ3n) is 23.0. The van der Waals surface area contributed by atoms with Gasteiger partial charge in [0, 0.05) is 0 Å². The van der Waals surface area contributed by atoms with Crippen LogP contribution in [0.1, 0.15) is 531 Å². The maximum atomic E-state index is 13.1. The van der Waals surface area contributed by atoms with E-state index in [0.29, 0.717) is 25.7 Å². The van der Waals surface area contributed by atoms with Crippen LogP contribution in [-0.2, 0) is 39.2 Å². The van der Waals surface area contributed by atoms with Crippen LogP contribution in [0.5, 0.6) is 0 Å². The van der Waals surface area contributed by atoms with Crippen LogP contribution in [0.15, 0.2) is 94.8 Å². The molecule has 0 fully saturated rings. The summed E-state index contributed by atoms with van der Waals surface area (Å²) >= 11 is 0. The summed E-state index contributed by atoms with van der Waals surface area (Å²) in [5, 5.41) is 0. The minimum absolute atomic E-state index is 0. The summed E-state index contributed by atoms with van der Waals surface area (Å²) in [6.45, 7) is 9.26. The molecule has 0 saturated carbocycles. The van der Waals surface area contributed by atoms with Crippen LogP contribution < -0.4 is 0 Å². The van der Waals surface area contributed by atoms with Crippen molar-refractivity contribution < 1.29 is 64.1 Å². The normalized spacial score (nSPS) is 11.8. The van der Waals surface area contributed by atoms with Crippen molar-refractivity contribution in [3.63, 3.8) is 0 Å². The summed E-state index contributed by atoms with van der Waals surface area (Å²) in [5.74, 6) is -3.60. The van der Waals surface area contributed by atoms with Gasteiger partial charge in [-0.3, -0.25) is 0 Å². The van der Waals surface area contributed by atoms with Crippen molar-refractivity contribution in [2.24, 2.45) is 0 Å². The number of allylic oxidation sites excluding steroid dienone is 8. The average Bonchev–Trinajstić information content (AvgIpc) is 0.796. The SMILES string of the molecule is CC/C=C/CCCCCCCCCCCCCCCCCCOC(=O)c1cccc(S(=O)(=O)[O-])c1C(=O)OCCCCCCCCCCCCCCCCCC/C=C/CC.CC/C=C/CCCCCCCCCCCCCCCCCCOC(=O)c1cccc(S(=O)(=O)[O-])c1C(=O)OCCCCCCCCCCCCCCCCCC/C=C/CC.[Ca+2]. The molecule has 0 aliphatic rings. The fraction of sp³-hybridized carbons (Fsp3) is 0.769. The Morgan fingerprint density at radius 3 is 0.537 bits per heavy atom. The maximum absolute atomic E-state index is 13.1. The van der Waals surface area contributed by atoms with E-state index in [1.54, 1.807) is 0 Å². The number of carbonyl (C=O) groups is 4. The minimum Gasteiger partial charge on any atom is -0.744 e. The summed E-state index contributed by atoms with van der Waals surface area (Å²) in [4.78, 5) is 50.6. The molecular formula is C104H178CaO14S2. The van der Waals surface area contributed by atoms with E-state index < -0.39 is 65.0 Å². The van der Waals surface area contributed by atoms with E-state index in [-0.39, 0.29) is 75.3 Å². The smallest absolute Gasteiger partial charge is 0.744 e. The Hall–Kier alpha value is -3.64. The Balaban J connectivity index is 0.00000236. The van der Waals surface area contributed by atoms with Gasteiger partial charge in [0.05, 0.1) is 58.5 Å². The molecule has 0 spiro atoms. The van der Waals surface area contributed by atoms with Crippen molar-refractivity contribution in [1.82, 2.24) is 0 Å². The monoisotopic (exact) mass is 1760 g/mol. The van der Waals surface area contributed by atoms with Crippen molar-refractivity contribution in [2.45, 2.75) is 500 Å². The van der Waals surface area contributed by atoms with Gasteiger partial charge in [-0.25, -0.2) is 36.0 Å². The first-order valence-electron chi connectivity index (χ1n) is 50.1. The van der Waals surface area contributed by atoms with Gasteiger partial charge < -0.3 is 28.1 Å². The topological polar surface area (TPSA) is 220 Å². The number of rotatable bonds is 86. The van der Waals surface area contributed by atoms with E-state index in [4.69, 9.17) is 18.9 Å². The zero-order chi connectivity index (χ0) is 87.2. The summed E-state index contributed by atoms with van der Waals surface area (Å²) in [6.07, 6.45) is 107. The first kappa shape index (κ1) is 117. The predicted molar refractivity (Wildman–Crippen MR) is 507 cm³/mol. The van der Waals surface area contributed by atoms with E-state index in [1.807, 2.05) is 0 Å². The molecule has 0 radical (unpaired) electrons. The minimum atomic E-state index is -5.02. The molecule has 14 nitrogen and oxygen atoms in total. The molecule has 0 atom stereocenters. The zero-order valence-corrected chi connectivity index (χ0v) is 81.9. The summed E-state index contributed by atoms with van der Waals surface area (Å²) in [7, 11) is -10.0. The van der Waals surface area contributed by atoms with Gasteiger partial charge in [0.2, 0.25) is 0 Å². The maximum Gasteiger partial charge on any atom is 2.00 e. The standard InChI is InChI=1S/2C52H90O7S.Ca/c2*1-3-5-7-9-11-13-15-17-19-21-23-25-27-29-31-33-35-37-39-41-46-58-51(53)48-44-43-45-49(60(55,56)57)50(48)52(54)59-47-42-40-38-36-34-32-30-28-26-24-22-20-18-16-14-12-10-8-6-4-2;/h2*5-8,43-45H,3-4,9-42,46-47H2,1-2H3,(H,55,56,57);/q;;+2/p-2/b2*7-5+,8-6+;. The summed E-state index contributed by atoms with van der Waals surface area (Å²) in [6, 6.07) is 7.29. The van der Waals surface area contributed by atoms with Crippen molar-refractivity contribution in [3.05, 3.63) is 107 Å². The van der Waals surface area contributed by atoms with E-state index in [0.717, 1.165) is 115 Å². The van der Waals surface area contributed by atoms with Gasteiger partial charge in [0.1, 0.15) is 20.2 Å². The molecule has 17 heteroatoms. The molecule has 2 aromatic carbocycles. The molecule has 692 valence electrons. The number of carbonyl (C=O) groups excluding carboxylic acids is 4. The molecular weight excluding hydrogens is 1580 g/mol. The van der Waals surface area contributed by atoms with Crippen molar-refractivity contribution in [3.8, 4) is 0 Å². The van der Waals surface area contributed by atoms with Crippen molar-refractivity contribution >= 4 is 81.9 Å². The molecule has 0 aliphatic carbocycles. The third kappa shape index (κ3) is 73.0. The average molecular weight is 1760 g/mol. The largest absolute Gasteiger partial charge is 2.00 e. The van der Waals surface area contributed by atoms with E-state index in [9.17, 15) is 45.1 Å². The van der Waals surface area contributed by atoms with Gasteiger partial charge in [-0.1, -0.05) is 448 Å². The van der Waals surface area contributed by atoms with Crippen LogP contribution in [0.4, 0.5) is 0 Å². The quantitative estimate of drug-likeness (QED) is 0.0150. The van der Waals surface area contributed by atoms with Crippen LogP contribution in [0.2, 0.25) is 0 Å². The zero-order valence-electron chi connectivity index (χ0n) is 78.1.